The van der Waals surface area contributed by atoms with E-state index in [0.717, 1.165) is 41.3 Å². The quantitative estimate of drug-likeness (QED) is 0.459. The number of aryl methyl sites for hydroxylation is 2. The lowest BCUT2D eigenvalue weighted by Gasteiger charge is -2.34. The van der Waals surface area contributed by atoms with E-state index in [2.05, 4.69) is 25.6 Å². The van der Waals surface area contributed by atoms with Crippen molar-refractivity contribution in [2.75, 3.05) is 55.5 Å². The zero-order chi connectivity index (χ0) is 29.5. The zero-order valence-electron chi connectivity index (χ0n) is 23.6. The molecule has 0 aliphatic carbocycles. The van der Waals surface area contributed by atoms with Gasteiger partial charge in [-0.1, -0.05) is 6.07 Å². The van der Waals surface area contributed by atoms with Crippen molar-refractivity contribution in [3.05, 3.63) is 71.2 Å². The van der Waals surface area contributed by atoms with Crippen molar-refractivity contribution in [3.8, 4) is 5.75 Å². The first-order valence-corrected chi connectivity index (χ1v) is 13.1. The topological polar surface area (TPSA) is 81.1 Å². The second-order valence-corrected chi connectivity index (χ2v) is 10.3. The Bertz CT molecular complexity index is 1480. The summed E-state index contributed by atoms with van der Waals surface area (Å²) >= 11 is 0. The summed E-state index contributed by atoms with van der Waals surface area (Å²) in [6.45, 7) is 6.75. The van der Waals surface area contributed by atoms with E-state index >= 15 is 0 Å². The zero-order valence-corrected chi connectivity index (χ0v) is 23.6. The molecule has 2 N–H and O–H groups in total. The predicted molar refractivity (Wildman–Crippen MR) is 151 cm³/mol. The third-order valence-electron chi connectivity index (χ3n) is 7.36. The van der Waals surface area contributed by atoms with E-state index in [4.69, 9.17) is 0 Å². The van der Waals surface area contributed by atoms with Crippen LogP contribution in [0.3, 0.4) is 0 Å². The molecule has 218 valence electrons. The Labute approximate surface area is 236 Å². The fourth-order valence-electron chi connectivity index (χ4n) is 4.89. The number of alkyl halides is 3. The van der Waals surface area contributed by atoms with E-state index in [-0.39, 0.29) is 11.4 Å². The summed E-state index contributed by atoms with van der Waals surface area (Å²) in [6, 6.07) is 9.44. The summed E-state index contributed by atoms with van der Waals surface area (Å²) in [7, 11) is 5.76. The van der Waals surface area contributed by atoms with E-state index in [9.17, 15) is 18.0 Å². The number of amides is 1. The highest BCUT2D eigenvalue weighted by molar-refractivity contribution is 6.05. The van der Waals surface area contributed by atoms with Crippen molar-refractivity contribution in [2.24, 2.45) is 7.05 Å². The van der Waals surface area contributed by atoms with E-state index in [1.807, 2.05) is 62.2 Å². The lowest BCUT2D eigenvalue weighted by Crippen LogP contribution is -2.44. The summed E-state index contributed by atoms with van der Waals surface area (Å²) in [5.41, 5.74) is 8.90. The molecular weight excluding hydrogens is 537 g/mol. The highest BCUT2D eigenvalue weighted by Gasteiger charge is 2.32. The maximum atomic E-state index is 13.3. The average molecular weight is 571 g/mol. The van der Waals surface area contributed by atoms with Gasteiger partial charge < -0.3 is 19.9 Å². The van der Waals surface area contributed by atoms with Crippen LogP contribution >= 0.6 is 0 Å². The Morgan fingerprint density at radius 2 is 1.76 bits per heavy atom. The first-order valence-electron chi connectivity index (χ1n) is 13.1. The number of anilines is 3. The summed E-state index contributed by atoms with van der Waals surface area (Å²) in [4.78, 5) is 17.5. The van der Waals surface area contributed by atoms with Crippen LogP contribution in [-0.2, 0) is 7.05 Å². The lowest BCUT2D eigenvalue weighted by molar-refractivity contribution is -0.274. The third kappa shape index (κ3) is 6.25. The number of hydrogen-bond acceptors (Lipinski definition) is 8. The van der Waals surface area contributed by atoms with Gasteiger partial charge in [0.15, 0.2) is 0 Å². The van der Waals surface area contributed by atoms with Gasteiger partial charge in [0.2, 0.25) is 0 Å². The first-order chi connectivity index (χ1) is 19.4. The standard InChI is InChI=1S/C28H33F3N8O2/c1-18-6-7-20(12-25(18)39-17-26(37(5)34-39)24-16-32-36(4)19(24)2)27(40)33-21-13-22(38-10-8-35(3)9-11-38)15-23(14-21)41-28(29,30)31/h6-7,12-17,34H,8-11H2,1-5H3,(H,33,40). The van der Waals surface area contributed by atoms with Gasteiger partial charge in [-0.15, -0.1) is 18.7 Å². The molecule has 1 amide bonds. The second-order valence-electron chi connectivity index (χ2n) is 10.3. The van der Waals surface area contributed by atoms with Gasteiger partial charge in [-0.3, -0.25) is 19.5 Å². The van der Waals surface area contributed by atoms with Gasteiger partial charge in [0.05, 0.1) is 17.6 Å². The molecule has 3 aromatic rings. The van der Waals surface area contributed by atoms with Crippen LogP contribution in [-0.4, -0.2) is 72.2 Å². The number of ether oxygens (including phenoxy) is 1. The molecule has 2 aliphatic rings. The maximum Gasteiger partial charge on any atom is 0.573 e. The molecular formula is C28H33F3N8O2. The van der Waals surface area contributed by atoms with E-state index in [0.29, 0.717) is 24.3 Å². The van der Waals surface area contributed by atoms with E-state index in [1.54, 1.807) is 29.1 Å². The minimum atomic E-state index is -4.86. The number of aromatic nitrogens is 2. The second kappa shape index (κ2) is 11.0. The molecule has 2 aromatic carbocycles. The first kappa shape index (κ1) is 28.3. The van der Waals surface area contributed by atoms with Gasteiger partial charge in [-0.2, -0.15) is 5.10 Å². The number of rotatable bonds is 6. The van der Waals surface area contributed by atoms with Gasteiger partial charge in [0, 0.05) is 86.8 Å². The molecule has 0 atom stereocenters. The van der Waals surface area contributed by atoms with E-state index in [1.165, 1.54) is 12.1 Å². The maximum absolute atomic E-state index is 13.3. The number of piperazine rings is 1. The number of halogens is 3. The van der Waals surface area contributed by atoms with Gasteiger partial charge in [0.25, 0.3) is 5.91 Å². The Hall–Kier alpha value is -4.23. The van der Waals surface area contributed by atoms with Crippen molar-refractivity contribution in [3.63, 3.8) is 0 Å². The average Bonchev–Trinajstić information content (AvgIpc) is 3.44. The smallest absolute Gasteiger partial charge is 0.406 e. The number of nitrogens with zero attached hydrogens (tertiary/aromatic N) is 6. The molecule has 0 saturated carbocycles. The molecule has 0 radical (unpaired) electrons. The lowest BCUT2D eigenvalue weighted by atomic mass is 10.1. The molecule has 41 heavy (non-hydrogen) atoms. The molecule has 5 rings (SSSR count). The largest absolute Gasteiger partial charge is 0.573 e. The van der Waals surface area contributed by atoms with Crippen LogP contribution in [0.25, 0.3) is 5.70 Å². The number of carbonyl (C=O) groups excluding carboxylic acids is 1. The summed E-state index contributed by atoms with van der Waals surface area (Å²) in [6.07, 6.45) is -1.13. The van der Waals surface area contributed by atoms with Gasteiger partial charge >= 0.3 is 6.36 Å². The molecule has 0 bridgehead atoms. The van der Waals surface area contributed by atoms with Gasteiger partial charge in [-0.25, -0.2) is 0 Å². The van der Waals surface area contributed by atoms with Crippen LogP contribution in [0.4, 0.5) is 30.2 Å². The van der Waals surface area contributed by atoms with Crippen molar-refractivity contribution < 1.29 is 22.7 Å². The number of hydrogen-bond donors (Lipinski definition) is 2. The van der Waals surface area contributed by atoms with E-state index < -0.39 is 12.3 Å². The SMILES string of the molecule is Cc1ccc(C(=O)Nc2cc(OC(F)(F)F)cc(N3CCN(C)CC3)c2)cc1N1C=C(c2cnn(C)c2C)N(C)N1. The molecule has 3 heterocycles. The summed E-state index contributed by atoms with van der Waals surface area (Å²) in [5.74, 6) is -0.846. The number of benzene rings is 2. The highest BCUT2D eigenvalue weighted by Crippen LogP contribution is 2.33. The van der Waals surface area contributed by atoms with Crippen molar-refractivity contribution >= 4 is 28.7 Å². The number of nitrogens with one attached hydrogen (secondary N) is 2. The van der Waals surface area contributed by atoms with Crippen LogP contribution in [0.15, 0.2) is 48.8 Å². The number of likely N-dealkylation sites (N-methyl/N-ethyl adjacent to an activating group) is 1. The Morgan fingerprint density at radius 3 is 2.41 bits per heavy atom. The molecule has 0 unspecified atom stereocenters. The fourth-order valence-corrected chi connectivity index (χ4v) is 4.89. The van der Waals surface area contributed by atoms with Crippen molar-refractivity contribution in [2.45, 2.75) is 20.2 Å². The fraction of sp³-hybridized carbons (Fsp3) is 0.357. The number of carbonyl (C=O) groups is 1. The van der Waals surface area contributed by atoms with Crippen LogP contribution in [0.2, 0.25) is 0 Å². The summed E-state index contributed by atoms with van der Waals surface area (Å²) in [5, 5.41) is 10.8. The minimum absolute atomic E-state index is 0.209. The Morgan fingerprint density at radius 1 is 1.02 bits per heavy atom. The monoisotopic (exact) mass is 570 g/mol. The van der Waals surface area contributed by atoms with Crippen LogP contribution < -0.4 is 25.5 Å². The molecule has 1 saturated heterocycles. The van der Waals surface area contributed by atoms with Crippen LogP contribution in [0, 0.1) is 13.8 Å². The summed E-state index contributed by atoms with van der Waals surface area (Å²) < 4.78 is 45.3. The Balaban J connectivity index is 1.40. The molecule has 0 spiro atoms. The van der Waals surface area contributed by atoms with Crippen molar-refractivity contribution in [1.82, 2.24) is 25.2 Å². The normalized spacial score (nSPS) is 16.3. The highest BCUT2D eigenvalue weighted by atomic mass is 19.4. The molecule has 10 nitrogen and oxygen atoms in total. The molecule has 1 fully saturated rings. The van der Waals surface area contributed by atoms with Crippen LogP contribution in [0.5, 0.6) is 5.75 Å². The molecule has 1 aromatic heterocycles. The Kier molecular flexibility index (Phi) is 7.58. The molecule has 2 aliphatic heterocycles. The number of hydrazine groups is 2. The minimum Gasteiger partial charge on any atom is -0.406 e. The van der Waals surface area contributed by atoms with Gasteiger partial charge in [-0.05, 0) is 44.7 Å². The van der Waals surface area contributed by atoms with Gasteiger partial charge in [0.1, 0.15) is 5.75 Å². The third-order valence-corrected chi connectivity index (χ3v) is 7.36. The predicted octanol–water partition coefficient (Wildman–Crippen LogP) is 4.11. The van der Waals surface area contributed by atoms with Crippen LogP contribution in [0.1, 0.15) is 27.2 Å². The molecule has 13 heteroatoms. The van der Waals surface area contributed by atoms with Crippen molar-refractivity contribution in [1.29, 1.82) is 0 Å².